The maximum atomic E-state index is 12.1. The van der Waals surface area contributed by atoms with Gasteiger partial charge in [0.25, 0.3) is 0 Å². The average Bonchev–Trinajstić information content (AvgIpc) is 2.86. The first kappa shape index (κ1) is 23.3. The Bertz CT molecular complexity index is 998. The van der Waals surface area contributed by atoms with E-state index in [9.17, 15) is 4.79 Å². The Morgan fingerprint density at radius 1 is 0.818 bits per heavy atom. The summed E-state index contributed by atoms with van der Waals surface area (Å²) in [6, 6.07) is 27.0. The van der Waals surface area contributed by atoms with Crippen molar-refractivity contribution in [1.29, 1.82) is 0 Å². The lowest BCUT2D eigenvalue weighted by Gasteiger charge is -2.36. The molecule has 0 N–H and O–H groups in total. The number of halogens is 1. The summed E-state index contributed by atoms with van der Waals surface area (Å²) in [6.07, 6.45) is 2.16. The molecule has 1 fully saturated rings. The highest BCUT2D eigenvalue weighted by Gasteiger charge is 2.17. The Morgan fingerprint density at radius 3 is 2.18 bits per heavy atom. The third-order valence-electron chi connectivity index (χ3n) is 6.14. The van der Waals surface area contributed by atoms with Crippen LogP contribution in [0, 0.1) is 0 Å². The fourth-order valence-electron chi connectivity index (χ4n) is 4.17. The molecular formula is C28H31ClN2O2. The topological polar surface area (TPSA) is 32.8 Å². The predicted molar refractivity (Wildman–Crippen MR) is 136 cm³/mol. The van der Waals surface area contributed by atoms with E-state index in [-0.39, 0.29) is 5.97 Å². The van der Waals surface area contributed by atoms with Gasteiger partial charge < -0.3 is 9.64 Å². The van der Waals surface area contributed by atoms with Crippen molar-refractivity contribution in [3.05, 3.63) is 89.4 Å². The highest BCUT2D eigenvalue weighted by atomic mass is 35.5. The van der Waals surface area contributed by atoms with Gasteiger partial charge in [0.05, 0.1) is 0 Å². The van der Waals surface area contributed by atoms with Crippen LogP contribution in [0.25, 0.3) is 11.1 Å². The smallest absolute Gasteiger partial charge is 0.305 e. The molecule has 0 spiro atoms. The molecule has 5 heteroatoms. The second-order valence-corrected chi connectivity index (χ2v) is 8.88. The molecule has 0 bridgehead atoms. The average molecular weight is 463 g/mol. The van der Waals surface area contributed by atoms with Crippen molar-refractivity contribution in [2.24, 2.45) is 0 Å². The summed E-state index contributed by atoms with van der Waals surface area (Å²) in [5, 5.41) is 0.764. The van der Waals surface area contributed by atoms with Crippen molar-refractivity contribution in [2.45, 2.75) is 19.3 Å². The number of benzene rings is 3. The molecule has 33 heavy (non-hydrogen) atoms. The summed E-state index contributed by atoms with van der Waals surface area (Å²) in [4.78, 5) is 16.8. The van der Waals surface area contributed by atoms with Gasteiger partial charge in [-0.15, -0.1) is 0 Å². The number of hydrogen-bond donors (Lipinski definition) is 0. The van der Waals surface area contributed by atoms with Gasteiger partial charge in [-0.3, -0.25) is 9.69 Å². The van der Waals surface area contributed by atoms with Crippen LogP contribution in [-0.4, -0.2) is 50.2 Å². The highest BCUT2D eigenvalue weighted by Crippen LogP contribution is 2.21. The predicted octanol–water partition coefficient (Wildman–Crippen LogP) is 5.70. The Hall–Kier alpha value is -2.82. The molecule has 4 nitrogen and oxygen atoms in total. The molecule has 1 aliphatic rings. The summed E-state index contributed by atoms with van der Waals surface area (Å²) in [7, 11) is 0. The third-order valence-corrected chi connectivity index (χ3v) is 6.39. The van der Waals surface area contributed by atoms with Gasteiger partial charge >= 0.3 is 5.97 Å². The van der Waals surface area contributed by atoms with E-state index in [0.717, 1.165) is 50.6 Å². The summed E-state index contributed by atoms with van der Waals surface area (Å²) < 4.78 is 5.48. The second-order valence-electron chi connectivity index (χ2n) is 8.44. The van der Waals surface area contributed by atoms with Crippen molar-refractivity contribution in [3.8, 4) is 11.1 Å². The van der Waals surface area contributed by atoms with E-state index >= 15 is 0 Å². The van der Waals surface area contributed by atoms with Crippen LogP contribution in [0.4, 0.5) is 5.69 Å². The molecule has 3 aromatic carbocycles. The Balaban J connectivity index is 1.09. The molecule has 0 saturated carbocycles. The zero-order chi connectivity index (χ0) is 22.9. The normalized spacial score (nSPS) is 14.3. The van der Waals surface area contributed by atoms with E-state index in [1.54, 1.807) is 0 Å². The number of nitrogens with zero attached hydrogens (tertiary/aromatic N) is 2. The minimum absolute atomic E-state index is 0.101. The molecule has 0 aliphatic carbocycles. The van der Waals surface area contributed by atoms with Crippen LogP contribution in [0.5, 0.6) is 0 Å². The summed E-state index contributed by atoms with van der Waals surface area (Å²) in [6.45, 7) is 5.14. The molecule has 0 aromatic heterocycles. The highest BCUT2D eigenvalue weighted by molar-refractivity contribution is 6.30. The molecule has 0 radical (unpaired) electrons. The van der Waals surface area contributed by atoms with Gasteiger partial charge in [0.15, 0.2) is 0 Å². The first-order valence-corrected chi connectivity index (χ1v) is 12.1. The van der Waals surface area contributed by atoms with E-state index in [0.29, 0.717) is 13.0 Å². The summed E-state index contributed by atoms with van der Waals surface area (Å²) in [5.41, 5.74) is 4.90. The number of hydrogen-bond acceptors (Lipinski definition) is 4. The zero-order valence-electron chi connectivity index (χ0n) is 19.0. The zero-order valence-corrected chi connectivity index (χ0v) is 19.7. The molecule has 0 amide bonds. The Kier molecular flexibility index (Phi) is 8.40. The first-order valence-electron chi connectivity index (χ1n) is 11.7. The van der Waals surface area contributed by atoms with Gasteiger partial charge in [-0.05, 0) is 53.8 Å². The lowest BCUT2D eigenvalue weighted by atomic mass is 10.0. The number of rotatable bonds is 9. The van der Waals surface area contributed by atoms with Crippen LogP contribution in [0.2, 0.25) is 5.02 Å². The van der Waals surface area contributed by atoms with Crippen molar-refractivity contribution in [1.82, 2.24) is 4.90 Å². The summed E-state index contributed by atoms with van der Waals surface area (Å²) >= 11 is 5.98. The quantitative estimate of drug-likeness (QED) is 0.382. The van der Waals surface area contributed by atoms with E-state index in [4.69, 9.17) is 16.3 Å². The number of anilines is 1. The number of aryl methyl sites for hydroxylation is 1. The Morgan fingerprint density at radius 2 is 1.48 bits per heavy atom. The first-order chi connectivity index (χ1) is 16.2. The fraction of sp³-hybridized carbons (Fsp3) is 0.321. The number of carbonyl (C=O) groups excluding carboxylic acids is 1. The fourth-order valence-corrected chi connectivity index (χ4v) is 4.30. The van der Waals surface area contributed by atoms with Crippen LogP contribution < -0.4 is 4.90 Å². The molecule has 1 aliphatic heterocycles. The molecule has 0 atom stereocenters. The largest absolute Gasteiger partial charge is 0.464 e. The monoisotopic (exact) mass is 462 g/mol. The molecule has 0 unspecified atom stereocenters. The van der Waals surface area contributed by atoms with E-state index in [1.807, 2.05) is 18.2 Å². The van der Waals surface area contributed by atoms with Crippen LogP contribution in [-0.2, 0) is 16.0 Å². The minimum Gasteiger partial charge on any atom is -0.464 e. The second kappa shape index (κ2) is 11.9. The molecule has 1 heterocycles. The maximum absolute atomic E-state index is 12.1. The van der Waals surface area contributed by atoms with Crippen molar-refractivity contribution >= 4 is 23.3 Å². The van der Waals surface area contributed by atoms with Crippen LogP contribution in [0.15, 0.2) is 78.9 Å². The van der Waals surface area contributed by atoms with Crippen LogP contribution in [0.3, 0.4) is 0 Å². The third kappa shape index (κ3) is 7.08. The Labute approximate surface area is 201 Å². The van der Waals surface area contributed by atoms with E-state index < -0.39 is 0 Å². The number of piperazine rings is 1. The molecule has 1 saturated heterocycles. The van der Waals surface area contributed by atoms with Gasteiger partial charge in [-0.1, -0.05) is 66.2 Å². The standard InChI is InChI=1S/C28H31ClN2O2/c29-26-13-15-27(16-14-26)31-19-17-30(18-20-31)21-22-33-28(32)8-4-5-23-9-11-25(12-10-23)24-6-2-1-3-7-24/h1-3,6-7,9-16H,4-5,8,17-22H2. The van der Waals surface area contributed by atoms with E-state index in [2.05, 4.69) is 70.5 Å². The number of ether oxygens (including phenoxy) is 1. The molecule has 172 valence electrons. The number of esters is 1. The maximum Gasteiger partial charge on any atom is 0.305 e. The van der Waals surface area contributed by atoms with Gasteiger partial charge in [-0.2, -0.15) is 0 Å². The number of carbonyl (C=O) groups is 1. The van der Waals surface area contributed by atoms with Gasteiger partial charge in [0.2, 0.25) is 0 Å². The lowest BCUT2D eigenvalue weighted by molar-refractivity contribution is -0.144. The lowest BCUT2D eigenvalue weighted by Crippen LogP contribution is -2.47. The van der Waals surface area contributed by atoms with Gasteiger partial charge in [-0.25, -0.2) is 0 Å². The molecular weight excluding hydrogens is 432 g/mol. The summed E-state index contributed by atoms with van der Waals surface area (Å²) in [5.74, 6) is -0.101. The molecule has 4 rings (SSSR count). The van der Waals surface area contributed by atoms with Crippen molar-refractivity contribution in [3.63, 3.8) is 0 Å². The molecule has 3 aromatic rings. The van der Waals surface area contributed by atoms with Crippen LogP contribution >= 0.6 is 11.6 Å². The van der Waals surface area contributed by atoms with Crippen LogP contribution in [0.1, 0.15) is 18.4 Å². The van der Waals surface area contributed by atoms with Crippen molar-refractivity contribution in [2.75, 3.05) is 44.2 Å². The van der Waals surface area contributed by atoms with Gasteiger partial charge in [0, 0.05) is 49.9 Å². The van der Waals surface area contributed by atoms with E-state index in [1.165, 1.54) is 22.4 Å². The van der Waals surface area contributed by atoms with Gasteiger partial charge in [0.1, 0.15) is 6.61 Å². The SMILES string of the molecule is O=C(CCCc1ccc(-c2ccccc2)cc1)OCCN1CCN(c2ccc(Cl)cc2)CC1. The minimum atomic E-state index is -0.101. The van der Waals surface area contributed by atoms with Crippen molar-refractivity contribution < 1.29 is 9.53 Å².